The largest absolute Gasteiger partial charge is 0.334 e. The Morgan fingerprint density at radius 3 is 3.06 bits per heavy atom. The van der Waals surface area contributed by atoms with Gasteiger partial charge in [0.25, 0.3) is 5.91 Å². The fraction of sp³-hybridized carbons (Fsp3) is 0.615. The molecule has 0 unspecified atom stereocenters. The van der Waals surface area contributed by atoms with E-state index in [2.05, 4.69) is 15.5 Å². The second-order valence-corrected chi connectivity index (χ2v) is 5.26. The minimum Gasteiger partial charge on any atom is -0.334 e. The lowest BCUT2D eigenvalue weighted by molar-refractivity contribution is 0.0735. The molecule has 5 nitrogen and oxygen atoms in total. The lowest BCUT2D eigenvalue weighted by atomic mass is 10.0. The lowest BCUT2D eigenvalue weighted by Crippen LogP contribution is -2.39. The minimum atomic E-state index is 0.113. The van der Waals surface area contributed by atoms with Gasteiger partial charge in [-0.3, -0.25) is 4.79 Å². The van der Waals surface area contributed by atoms with Gasteiger partial charge in [0.15, 0.2) is 0 Å². The van der Waals surface area contributed by atoms with E-state index in [0.717, 1.165) is 37.4 Å². The Bertz CT molecular complexity index is 488. The van der Waals surface area contributed by atoms with E-state index in [9.17, 15) is 4.79 Å². The standard InChI is InChI=1S/C13H18N4O/c1-8-5-11(9(2)16-15-8)13(18)17-4-3-10-6-14-7-12(10)17/h5,10,12,14H,3-4,6-7H2,1-2H3/t10-,12+/m0/s1. The summed E-state index contributed by atoms with van der Waals surface area (Å²) in [5.74, 6) is 0.742. The number of amides is 1. The van der Waals surface area contributed by atoms with E-state index in [-0.39, 0.29) is 5.91 Å². The van der Waals surface area contributed by atoms with Crippen molar-refractivity contribution >= 4 is 5.91 Å². The van der Waals surface area contributed by atoms with Gasteiger partial charge in [0.2, 0.25) is 0 Å². The van der Waals surface area contributed by atoms with Crippen molar-refractivity contribution in [1.29, 1.82) is 0 Å². The molecule has 96 valence electrons. The van der Waals surface area contributed by atoms with Crippen LogP contribution in [-0.4, -0.2) is 46.7 Å². The van der Waals surface area contributed by atoms with Gasteiger partial charge in [-0.25, -0.2) is 0 Å². The Labute approximate surface area is 107 Å². The Hall–Kier alpha value is -1.49. The molecule has 2 atom stereocenters. The summed E-state index contributed by atoms with van der Waals surface area (Å²) in [6.07, 6.45) is 1.11. The molecule has 0 spiro atoms. The van der Waals surface area contributed by atoms with Crippen LogP contribution in [0.2, 0.25) is 0 Å². The smallest absolute Gasteiger partial charge is 0.256 e. The summed E-state index contributed by atoms with van der Waals surface area (Å²) < 4.78 is 0. The van der Waals surface area contributed by atoms with Crippen LogP contribution in [0.1, 0.15) is 28.2 Å². The monoisotopic (exact) mass is 246 g/mol. The molecule has 1 N–H and O–H groups in total. The Morgan fingerprint density at radius 1 is 1.39 bits per heavy atom. The van der Waals surface area contributed by atoms with Crippen LogP contribution in [-0.2, 0) is 0 Å². The zero-order chi connectivity index (χ0) is 12.7. The van der Waals surface area contributed by atoms with Crippen LogP contribution in [0, 0.1) is 19.8 Å². The average molecular weight is 246 g/mol. The number of hydrogen-bond donors (Lipinski definition) is 1. The highest BCUT2D eigenvalue weighted by atomic mass is 16.2. The molecule has 5 heteroatoms. The van der Waals surface area contributed by atoms with Gasteiger partial charge >= 0.3 is 0 Å². The molecule has 2 aliphatic heterocycles. The first-order valence-corrected chi connectivity index (χ1v) is 6.49. The highest BCUT2D eigenvalue weighted by molar-refractivity contribution is 5.95. The topological polar surface area (TPSA) is 58.1 Å². The number of carbonyl (C=O) groups excluding carboxylic acids is 1. The number of aromatic nitrogens is 2. The van der Waals surface area contributed by atoms with Gasteiger partial charge < -0.3 is 10.2 Å². The maximum absolute atomic E-state index is 12.6. The van der Waals surface area contributed by atoms with E-state index in [0.29, 0.717) is 17.5 Å². The predicted octanol–water partition coefficient (Wildman–Crippen LogP) is 0.527. The number of carbonyl (C=O) groups is 1. The third-order valence-corrected chi connectivity index (χ3v) is 4.04. The third-order valence-electron chi connectivity index (χ3n) is 4.04. The minimum absolute atomic E-state index is 0.113. The number of aryl methyl sites for hydroxylation is 2. The van der Waals surface area contributed by atoms with Crippen LogP contribution >= 0.6 is 0 Å². The first-order chi connectivity index (χ1) is 8.66. The molecule has 1 amide bonds. The normalized spacial score (nSPS) is 26.4. The average Bonchev–Trinajstić information content (AvgIpc) is 2.93. The molecular formula is C13H18N4O. The summed E-state index contributed by atoms with van der Waals surface area (Å²) in [5, 5.41) is 11.4. The molecule has 2 aliphatic rings. The fourth-order valence-corrected chi connectivity index (χ4v) is 3.02. The first-order valence-electron chi connectivity index (χ1n) is 6.49. The van der Waals surface area contributed by atoms with Crippen LogP contribution in [0.5, 0.6) is 0 Å². The molecule has 3 rings (SSSR count). The molecule has 2 saturated heterocycles. The number of likely N-dealkylation sites (tertiary alicyclic amines) is 1. The predicted molar refractivity (Wildman–Crippen MR) is 67.3 cm³/mol. The SMILES string of the molecule is Cc1cc(C(=O)N2CC[C@H]3CNC[C@H]32)c(C)nn1. The fourth-order valence-electron chi connectivity index (χ4n) is 3.02. The molecule has 0 aliphatic carbocycles. The third kappa shape index (κ3) is 1.79. The molecule has 0 radical (unpaired) electrons. The van der Waals surface area contributed by atoms with E-state index in [1.165, 1.54) is 0 Å². The molecule has 1 aromatic heterocycles. The number of hydrogen-bond acceptors (Lipinski definition) is 4. The van der Waals surface area contributed by atoms with E-state index < -0.39 is 0 Å². The molecule has 3 heterocycles. The van der Waals surface area contributed by atoms with Crippen LogP contribution in [0.3, 0.4) is 0 Å². The lowest BCUT2D eigenvalue weighted by Gasteiger charge is -2.24. The Kier molecular flexibility index (Phi) is 2.78. The van der Waals surface area contributed by atoms with Crippen LogP contribution in [0.15, 0.2) is 6.07 Å². The van der Waals surface area contributed by atoms with Crippen molar-refractivity contribution in [1.82, 2.24) is 20.4 Å². The molecule has 2 fully saturated rings. The van der Waals surface area contributed by atoms with Crippen molar-refractivity contribution in [2.24, 2.45) is 5.92 Å². The summed E-state index contributed by atoms with van der Waals surface area (Å²) in [4.78, 5) is 14.6. The summed E-state index contributed by atoms with van der Waals surface area (Å²) >= 11 is 0. The maximum Gasteiger partial charge on any atom is 0.256 e. The van der Waals surface area contributed by atoms with E-state index >= 15 is 0 Å². The zero-order valence-corrected chi connectivity index (χ0v) is 10.8. The molecule has 18 heavy (non-hydrogen) atoms. The van der Waals surface area contributed by atoms with Gasteiger partial charge in [-0.2, -0.15) is 10.2 Å². The Balaban J connectivity index is 1.88. The van der Waals surface area contributed by atoms with E-state index in [1.54, 1.807) is 0 Å². The molecule has 0 bridgehead atoms. The van der Waals surface area contributed by atoms with Crippen molar-refractivity contribution < 1.29 is 4.79 Å². The van der Waals surface area contributed by atoms with Crippen LogP contribution < -0.4 is 5.32 Å². The molecule has 0 aromatic carbocycles. The van der Waals surface area contributed by atoms with Crippen molar-refractivity contribution in [3.63, 3.8) is 0 Å². The highest BCUT2D eigenvalue weighted by Crippen LogP contribution is 2.28. The van der Waals surface area contributed by atoms with Gasteiger partial charge in [0.1, 0.15) is 0 Å². The van der Waals surface area contributed by atoms with Gasteiger partial charge in [-0.05, 0) is 32.3 Å². The van der Waals surface area contributed by atoms with Crippen molar-refractivity contribution in [3.05, 3.63) is 23.0 Å². The quantitative estimate of drug-likeness (QED) is 0.785. The number of fused-ring (bicyclic) bond motifs is 1. The van der Waals surface area contributed by atoms with Crippen molar-refractivity contribution in [3.8, 4) is 0 Å². The number of rotatable bonds is 1. The summed E-state index contributed by atoms with van der Waals surface area (Å²) in [7, 11) is 0. The van der Waals surface area contributed by atoms with Gasteiger partial charge in [-0.1, -0.05) is 0 Å². The summed E-state index contributed by atoms with van der Waals surface area (Å²) in [5.41, 5.74) is 2.22. The van der Waals surface area contributed by atoms with E-state index in [4.69, 9.17) is 0 Å². The van der Waals surface area contributed by atoms with Gasteiger partial charge in [0.05, 0.1) is 17.0 Å². The summed E-state index contributed by atoms with van der Waals surface area (Å²) in [6.45, 7) is 6.55. The molecule has 0 saturated carbocycles. The Morgan fingerprint density at radius 2 is 2.22 bits per heavy atom. The first kappa shape index (κ1) is 11.6. The number of nitrogens with one attached hydrogen (secondary N) is 1. The van der Waals surface area contributed by atoms with Gasteiger partial charge in [0, 0.05) is 25.7 Å². The highest BCUT2D eigenvalue weighted by Gasteiger charge is 2.40. The summed E-state index contributed by atoms with van der Waals surface area (Å²) in [6, 6.07) is 2.21. The van der Waals surface area contributed by atoms with E-state index in [1.807, 2.05) is 24.8 Å². The number of nitrogens with zero attached hydrogens (tertiary/aromatic N) is 3. The second kappa shape index (κ2) is 4.31. The van der Waals surface area contributed by atoms with Crippen LogP contribution in [0.4, 0.5) is 0 Å². The van der Waals surface area contributed by atoms with Crippen molar-refractivity contribution in [2.75, 3.05) is 19.6 Å². The van der Waals surface area contributed by atoms with Gasteiger partial charge in [-0.15, -0.1) is 0 Å². The second-order valence-electron chi connectivity index (χ2n) is 5.26. The zero-order valence-electron chi connectivity index (χ0n) is 10.8. The van der Waals surface area contributed by atoms with Crippen molar-refractivity contribution in [2.45, 2.75) is 26.3 Å². The molecule has 1 aromatic rings. The van der Waals surface area contributed by atoms with Crippen LogP contribution in [0.25, 0.3) is 0 Å². The molecular weight excluding hydrogens is 228 g/mol. The maximum atomic E-state index is 12.6.